The molecule has 19 heavy (non-hydrogen) atoms. The maximum Gasteiger partial charge on any atom is 0.168 e. The van der Waals surface area contributed by atoms with Crippen molar-refractivity contribution >= 4 is 21.7 Å². The van der Waals surface area contributed by atoms with E-state index < -0.39 is 0 Å². The fraction of sp³-hybridized carbons (Fsp3) is 0.333. The Bertz CT molecular complexity index is 577. The largest absolute Gasteiger partial charge is 0.294 e. The minimum absolute atomic E-state index is 0.0932. The van der Waals surface area contributed by atoms with Gasteiger partial charge in [-0.2, -0.15) is 5.10 Å². The lowest BCUT2D eigenvalue weighted by Crippen LogP contribution is -2.07. The summed E-state index contributed by atoms with van der Waals surface area (Å²) in [6, 6.07) is 9.74. The number of rotatable bonds is 5. The van der Waals surface area contributed by atoms with Crippen LogP contribution in [0.25, 0.3) is 0 Å². The number of benzene rings is 1. The van der Waals surface area contributed by atoms with Gasteiger partial charge in [-0.3, -0.25) is 9.48 Å². The van der Waals surface area contributed by atoms with Gasteiger partial charge in [0.25, 0.3) is 0 Å². The van der Waals surface area contributed by atoms with Crippen molar-refractivity contribution in [1.29, 1.82) is 0 Å². The van der Waals surface area contributed by atoms with Gasteiger partial charge in [0.1, 0.15) is 0 Å². The molecule has 0 saturated carbocycles. The lowest BCUT2D eigenvalue weighted by atomic mass is 10.1. The third-order valence-corrected chi connectivity index (χ3v) is 3.69. The normalized spacial score (nSPS) is 12.4. The first-order valence-electron chi connectivity index (χ1n) is 6.43. The van der Waals surface area contributed by atoms with E-state index in [-0.39, 0.29) is 5.78 Å². The highest BCUT2D eigenvalue weighted by atomic mass is 79.9. The molecule has 2 aromatic rings. The summed E-state index contributed by atoms with van der Waals surface area (Å²) in [7, 11) is 0. The van der Waals surface area contributed by atoms with E-state index in [9.17, 15) is 4.79 Å². The summed E-state index contributed by atoms with van der Waals surface area (Å²) in [5.41, 5.74) is 1.54. The summed E-state index contributed by atoms with van der Waals surface area (Å²) >= 11 is 3.38. The number of aromatic nitrogens is 2. The molecule has 1 aromatic carbocycles. The van der Waals surface area contributed by atoms with Gasteiger partial charge in [0.2, 0.25) is 0 Å². The molecule has 0 amide bonds. The Hall–Kier alpha value is -1.42. The number of carbonyl (C=O) groups excluding carboxylic acids is 1. The highest BCUT2D eigenvalue weighted by Gasteiger charge is 2.11. The van der Waals surface area contributed by atoms with Crippen molar-refractivity contribution in [1.82, 2.24) is 9.78 Å². The molecule has 3 nitrogen and oxygen atoms in total. The van der Waals surface area contributed by atoms with E-state index in [1.165, 1.54) is 0 Å². The molecule has 1 heterocycles. The summed E-state index contributed by atoms with van der Waals surface area (Å²) < 4.78 is 2.84. The second-order valence-corrected chi connectivity index (χ2v) is 5.57. The van der Waals surface area contributed by atoms with Gasteiger partial charge in [-0.1, -0.05) is 35.0 Å². The third kappa shape index (κ3) is 3.53. The van der Waals surface area contributed by atoms with E-state index in [0.717, 1.165) is 16.6 Å². The number of hydrogen-bond acceptors (Lipinski definition) is 2. The van der Waals surface area contributed by atoms with E-state index in [2.05, 4.69) is 34.9 Å². The fourth-order valence-electron chi connectivity index (χ4n) is 1.83. The first-order chi connectivity index (χ1) is 9.10. The first-order valence-corrected chi connectivity index (χ1v) is 7.22. The monoisotopic (exact) mass is 320 g/mol. The molecule has 4 heteroatoms. The molecule has 0 radical (unpaired) electrons. The molecule has 1 atom stereocenters. The Morgan fingerprint density at radius 2 is 2.21 bits per heavy atom. The van der Waals surface area contributed by atoms with Crippen LogP contribution in [0.5, 0.6) is 0 Å². The van der Waals surface area contributed by atoms with E-state index >= 15 is 0 Å². The van der Waals surface area contributed by atoms with Crippen LogP contribution in [0.3, 0.4) is 0 Å². The molecule has 0 aliphatic carbocycles. The zero-order valence-electron chi connectivity index (χ0n) is 11.1. The van der Waals surface area contributed by atoms with Gasteiger partial charge < -0.3 is 0 Å². The summed E-state index contributed by atoms with van der Waals surface area (Å²) in [5.74, 6) is 0.0932. The second-order valence-electron chi connectivity index (χ2n) is 4.65. The first kappa shape index (κ1) is 14.0. The lowest BCUT2D eigenvalue weighted by molar-refractivity contribution is 0.0991. The van der Waals surface area contributed by atoms with Gasteiger partial charge >= 0.3 is 0 Å². The van der Waals surface area contributed by atoms with Gasteiger partial charge in [-0.15, -0.1) is 0 Å². The predicted molar refractivity (Wildman–Crippen MR) is 79.4 cm³/mol. The van der Waals surface area contributed by atoms with Crippen LogP contribution in [0.15, 0.2) is 41.0 Å². The molecule has 0 saturated heterocycles. The number of hydrogen-bond donors (Lipinski definition) is 0. The summed E-state index contributed by atoms with van der Waals surface area (Å²) in [6.45, 7) is 4.24. The molecular formula is C15H17BrN2O. The van der Waals surface area contributed by atoms with Crippen LogP contribution >= 0.6 is 15.9 Å². The molecule has 2 rings (SSSR count). The number of nitrogens with zero attached hydrogens (tertiary/aromatic N) is 2. The highest BCUT2D eigenvalue weighted by Crippen LogP contribution is 2.14. The van der Waals surface area contributed by atoms with Crippen LogP contribution in [-0.2, 0) is 6.42 Å². The molecule has 0 aliphatic rings. The Morgan fingerprint density at radius 1 is 1.42 bits per heavy atom. The smallest absolute Gasteiger partial charge is 0.168 e. The van der Waals surface area contributed by atoms with E-state index in [0.29, 0.717) is 18.0 Å². The number of ketones is 1. The standard InChI is InChI=1S/C15H17BrN2O/c1-3-11(2)18-8-7-14(17-18)10-15(19)12-5-4-6-13(16)9-12/h4-9,11H,3,10H2,1-2H3. The van der Waals surface area contributed by atoms with Crippen molar-refractivity contribution in [3.8, 4) is 0 Å². The van der Waals surface area contributed by atoms with Gasteiger partial charge in [-0.25, -0.2) is 0 Å². The fourth-order valence-corrected chi connectivity index (χ4v) is 2.23. The summed E-state index contributed by atoms with van der Waals surface area (Å²) in [4.78, 5) is 12.1. The maximum absolute atomic E-state index is 12.1. The van der Waals surface area contributed by atoms with Crippen LogP contribution in [0.1, 0.15) is 42.4 Å². The Kier molecular flexibility index (Phi) is 4.53. The van der Waals surface area contributed by atoms with Crippen LogP contribution in [-0.4, -0.2) is 15.6 Å². The van der Waals surface area contributed by atoms with Crippen LogP contribution < -0.4 is 0 Å². The van der Waals surface area contributed by atoms with Crippen LogP contribution in [0.2, 0.25) is 0 Å². The van der Waals surface area contributed by atoms with E-state index in [1.807, 2.05) is 41.2 Å². The van der Waals surface area contributed by atoms with Crippen LogP contribution in [0, 0.1) is 0 Å². The Balaban J connectivity index is 2.09. The maximum atomic E-state index is 12.1. The Labute approximate surface area is 121 Å². The predicted octanol–water partition coefficient (Wildman–Crippen LogP) is 4.04. The second kappa shape index (κ2) is 6.15. The lowest BCUT2D eigenvalue weighted by Gasteiger charge is -2.08. The number of halogens is 1. The molecule has 1 unspecified atom stereocenters. The van der Waals surface area contributed by atoms with E-state index in [1.54, 1.807) is 0 Å². The molecular weight excluding hydrogens is 304 g/mol. The molecule has 0 spiro atoms. The number of Topliss-reactive ketones (excluding diaryl/α,β-unsaturated/α-hetero) is 1. The zero-order chi connectivity index (χ0) is 13.8. The van der Waals surface area contributed by atoms with Gasteiger partial charge in [0.05, 0.1) is 12.1 Å². The minimum atomic E-state index is 0.0932. The van der Waals surface area contributed by atoms with Crippen molar-refractivity contribution in [2.75, 3.05) is 0 Å². The molecule has 100 valence electrons. The zero-order valence-corrected chi connectivity index (χ0v) is 12.7. The molecule has 0 bridgehead atoms. The molecule has 0 N–H and O–H groups in total. The molecule has 0 fully saturated rings. The van der Waals surface area contributed by atoms with Gasteiger partial charge in [0, 0.05) is 22.3 Å². The van der Waals surface area contributed by atoms with Crippen LogP contribution in [0.4, 0.5) is 0 Å². The van der Waals surface area contributed by atoms with Crippen molar-refractivity contribution in [3.05, 3.63) is 52.3 Å². The van der Waals surface area contributed by atoms with E-state index in [4.69, 9.17) is 0 Å². The summed E-state index contributed by atoms with van der Waals surface area (Å²) in [6.07, 6.45) is 3.32. The quantitative estimate of drug-likeness (QED) is 0.779. The Morgan fingerprint density at radius 3 is 2.89 bits per heavy atom. The van der Waals surface area contributed by atoms with Gasteiger partial charge in [-0.05, 0) is 31.5 Å². The van der Waals surface area contributed by atoms with Crippen molar-refractivity contribution in [3.63, 3.8) is 0 Å². The average Bonchev–Trinajstić information content (AvgIpc) is 2.86. The SMILES string of the molecule is CCC(C)n1ccc(CC(=O)c2cccc(Br)c2)n1. The summed E-state index contributed by atoms with van der Waals surface area (Å²) in [5, 5.41) is 4.45. The van der Waals surface area contributed by atoms with Crippen molar-refractivity contribution < 1.29 is 4.79 Å². The van der Waals surface area contributed by atoms with Crippen molar-refractivity contribution in [2.45, 2.75) is 32.7 Å². The minimum Gasteiger partial charge on any atom is -0.294 e. The highest BCUT2D eigenvalue weighted by molar-refractivity contribution is 9.10. The molecule has 1 aromatic heterocycles. The van der Waals surface area contributed by atoms with Gasteiger partial charge in [0.15, 0.2) is 5.78 Å². The molecule has 0 aliphatic heterocycles. The van der Waals surface area contributed by atoms with Crippen molar-refractivity contribution in [2.24, 2.45) is 0 Å². The average molecular weight is 321 g/mol. The number of carbonyl (C=O) groups is 1. The topological polar surface area (TPSA) is 34.9 Å². The third-order valence-electron chi connectivity index (χ3n) is 3.19.